The molecule has 4 aromatic rings. The standard InChI is InChI=1S/C24H21N3O4/c1-29-23-13-18(14-26-27-16-25-20-5-3-4-6-21(20)27)9-12-22(23)31-15-17-7-10-19(11-8-17)24(28)30-2/h3-14,16H,15H2,1-2H3/b26-14-. The molecule has 7 heteroatoms. The van der Waals surface area contributed by atoms with Gasteiger partial charge in [0.2, 0.25) is 0 Å². The summed E-state index contributed by atoms with van der Waals surface area (Å²) in [5.74, 6) is 0.852. The van der Waals surface area contributed by atoms with Crippen molar-refractivity contribution in [2.75, 3.05) is 14.2 Å². The molecule has 7 nitrogen and oxygen atoms in total. The summed E-state index contributed by atoms with van der Waals surface area (Å²) in [5.41, 5.74) is 4.11. The predicted molar refractivity (Wildman–Crippen MR) is 118 cm³/mol. The molecule has 0 amide bonds. The smallest absolute Gasteiger partial charge is 0.337 e. The molecule has 0 aliphatic carbocycles. The van der Waals surface area contributed by atoms with Crippen LogP contribution in [0.4, 0.5) is 0 Å². The third-order valence-corrected chi connectivity index (χ3v) is 4.72. The number of esters is 1. The van der Waals surface area contributed by atoms with E-state index in [-0.39, 0.29) is 5.97 Å². The van der Waals surface area contributed by atoms with E-state index in [1.807, 2.05) is 54.6 Å². The van der Waals surface area contributed by atoms with Crippen molar-refractivity contribution in [2.24, 2.45) is 5.10 Å². The Balaban J connectivity index is 1.46. The highest BCUT2D eigenvalue weighted by Gasteiger charge is 2.08. The Morgan fingerprint density at radius 1 is 1.03 bits per heavy atom. The first-order valence-corrected chi connectivity index (χ1v) is 9.62. The molecule has 0 radical (unpaired) electrons. The van der Waals surface area contributed by atoms with Crippen molar-refractivity contribution in [2.45, 2.75) is 6.61 Å². The maximum absolute atomic E-state index is 11.5. The van der Waals surface area contributed by atoms with Gasteiger partial charge < -0.3 is 14.2 Å². The first-order chi connectivity index (χ1) is 15.2. The number of para-hydroxylation sites is 2. The summed E-state index contributed by atoms with van der Waals surface area (Å²) in [6.07, 6.45) is 3.42. The minimum Gasteiger partial charge on any atom is -0.493 e. The van der Waals surface area contributed by atoms with Gasteiger partial charge in [-0.15, -0.1) is 0 Å². The fourth-order valence-electron chi connectivity index (χ4n) is 3.07. The van der Waals surface area contributed by atoms with Crippen molar-refractivity contribution in [3.05, 3.63) is 89.7 Å². The summed E-state index contributed by atoms with van der Waals surface area (Å²) < 4.78 is 17.8. The van der Waals surface area contributed by atoms with Crippen LogP contribution in [0, 0.1) is 0 Å². The van der Waals surface area contributed by atoms with Crippen LogP contribution in [-0.4, -0.2) is 36.1 Å². The van der Waals surface area contributed by atoms with Gasteiger partial charge in [0.15, 0.2) is 11.5 Å². The number of fused-ring (bicyclic) bond motifs is 1. The second-order valence-electron chi connectivity index (χ2n) is 6.71. The summed E-state index contributed by atoms with van der Waals surface area (Å²) in [6.45, 7) is 0.340. The summed E-state index contributed by atoms with van der Waals surface area (Å²) in [5, 5.41) is 4.49. The number of aromatic nitrogens is 2. The van der Waals surface area contributed by atoms with Crippen molar-refractivity contribution in [1.82, 2.24) is 9.66 Å². The van der Waals surface area contributed by atoms with Gasteiger partial charge in [-0.1, -0.05) is 24.3 Å². The third kappa shape index (κ3) is 4.56. The summed E-state index contributed by atoms with van der Waals surface area (Å²) >= 11 is 0. The lowest BCUT2D eigenvalue weighted by atomic mass is 10.1. The number of methoxy groups -OCH3 is 2. The number of rotatable bonds is 7. The first-order valence-electron chi connectivity index (χ1n) is 9.62. The fourth-order valence-corrected chi connectivity index (χ4v) is 3.07. The SMILES string of the molecule is COC(=O)c1ccc(COc2ccc(/C=N\n3cnc4ccccc43)cc2OC)cc1. The van der Waals surface area contributed by atoms with Crippen LogP contribution in [0.15, 0.2) is 78.2 Å². The number of benzene rings is 3. The molecule has 0 N–H and O–H groups in total. The fraction of sp³-hybridized carbons (Fsp3) is 0.125. The average molecular weight is 415 g/mol. The molecule has 1 heterocycles. The molecule has 1 aromatic heterocycles. The molecule has 0 unspecified atom stereocenters. The van der Waals surface area contributed by atoms with E-state index < -0.39 is 0 Å². The molecule has 156 valence electrons. The van der Waals surface area contributed by atoms with Gasteiger partial charge in [-0.3, -0.25) is 0 Å². The zero-order valence-corrected chi connectivity index (χ0v) is 17.2. The molecule has 0 bridgehead atoms. The van der Waals surface area contributed by atoms with E-state index in [0.29, 0.717) is 23.7 Å². The van der Waals surface area contributed by atoms with Crippen molar-refractivity contribution >= 4 is 23.2 Å². The minimum absolute atomic E-state index is 0.340. The van der Waals surface area contributed by atoms with Crippen molar-refractivity contribution in [1.29, 1.82) is 0 Å². The van der Waals surface area contributed by atoms with Crippen LogP contribution in [-0.2, 0) is 11.3 Å². The van der Waals surface area contributed by atoms with Crippen LogP contribution in [0.1, 0.15) is 21.5 Å². The van der Waals surface area contributed by atoms with E-state index in [0.717, 1.165) is 22.2 Å². The van der Waals surface area contributed by atoms with Gasteiger partial charge in [0.05, 0.1) is 37.0 Å². The second-order valence-corrected chi connectivity index (χ2v) is 6.71. The van der Waals surface area contributed by atoms with Crippen molar-refractivity contribution < 1.29 is 19.0 Å². The monoisotopic (exact) mass is 415 g/mol. The van der Waals surface area contributed by atoms with Gasteiger partial charge in [0, 0.05) is 0 Å². The number of hydrogen-bond acceptors (Lipinski definition) is 6. The van der Waals surface area contributed by atoms with E-state index in [2.05, 4.69) is 10.1 Å². The van der Waals surface area contributed by atoms with Gasteiger partial charge in [-0.05, 0) is 53.6 Å². The Hall–Kier alpha value is -4.13. The number of carbonyl (C=O) groups is 1. The van der Waals surface area contributed by atoms with Crippen LogP contribution >= 0.6 is 0 Å². The molecular weight excluding hydrogens is 394 g/mol. The molecule has 0 saturated carbocycles. The molecule has 3 aromatic carbocycles. The highest BCUT2D eigenvalue weighted by molar-refractivity contribution is 5.89. The Morgan fingerprint density at radius 2 is 1.84 bits per heavy atom. The molecule has 0 fully saturated rings. The Bertz CT molecular complexity index is 1230. The maximum atomic E-state index is 11.5. The van der Waals surface area contributed by atoms with Crippen molar-refractivity contribution in [3.63, 3.8) is 0 Å². The number of carbonyl (C=O) groups excluding carboxylic acids is 1. The number of imidazole rings is 1. The van der Waals surface area contributed by atoms with E-state index in [9.17, 15) is 4.79 Å². The minimum atomic E-state index is -0.366. The Morgan fingerprint density at radius 3 is 2.61 bits per heavy atom. The summed E-state index contributed by atoms with van der Waals surface area (Å²) in [6, 6.07) is 20.5. The lowest BCUT2D eigenvalue weighted by Crippen LogP contribution is -2.02. The topological polar surface area (TPSA) is 74.9 Å². The van der Waals surface area contributed by atoms with Crippen LogP contribution in [0.25, 0.3) is 11.0 Å². The van der Waals surface area contributed by atoms with Crippen LogP contribution in [0.5, 0.6) is 11.5 Å². The highest BCUT2D eigenvalue weighted by atomic mass is 16.5. The quantitative estimate of drug-likeness (QED) is 0.332. The zero-order valence-electron chi connectivity index (χ0n) is 17.2. The van der Waals surface area contributed by atoms with Crippen LogP contribution in [0.3, 0.4) is 0 Å². The summed E-state index contributed by atoms with van der Waals surface area (Å²) in [4.78, 5) is 15.9. The van der Waals surface area contributed by atoms with Crippen molar-refractivity contribution in [3.8, 4) is 11.5 Å². The van der Waals surface area contributed by atoms with E-state index in [1.165, 1.54) is 7.11 Å². The first kappa shape index (κ1) is 20.2. The Labute approximate surface area is 179 Å². The highest BCUT2D eigenvalue weighted by Crippen LogP contribution is 2.28. The van der Waals surface area contributed by atoms with Crippen LogP contribution in [0.2, 0.25) is 0 Å². The lowest BCUT2D eigenvalue weighted by molar-refractivity contribution is 0.0600. The molecule has 0 aliphatic heterocycles. The van der Waals surface area contributed by atoms with Gasteiger partial charge >= 0.3 is 5.97 Å². The van der Waals surface area contributed by atoms with Gasteiger partial charge in [-0.2, -0.15) is 5.10 Å². The van der Waals surface area contributed by atoms with E-state index in [4.69, 9.17) is 14.2 Å². The average Bonchev–Trinajstić information content (AvgIpc) is 3.24. The molecule has 0 saturated heterocycles. The van der Waals surface area contributed by atoms with Crippen LogP contribution < -0.4 is 9.47 Å². The maximum Gasteiger partial charge on any atom is 0.337 e. The van der Waals surface area contributed by atoms with Gasteiger partial charge in [-0.25, -0.2) is 14.5 Å². The summed E-state index contributed by atoms with van der Waals surface area (Å²) in [7, 11) is 2.95. The second kappa shape index (κ2) is 9.13. The van der Waals surface area contributed by atoms with Gasteiger partial charge in [0.1, 0.15) is 12.9 Å². The third-order valence-electron chi connectivity index (χ3n) is 4.72. The number of nitrogens with zero attached hydrogens (tertiary/aromatic N) is 3. The Kier molecular flexibility index (Phi) is 5.93. The number of ether oxygens (including phenoxy) is 3. The lowest BCUT2D eigenvalue weighted by Gasteiger charge is -2.11. The molecule has 0 aliphatic rings. The molecule has 0 atom stereocenters. The molecule has 0 spiro atoms. The molecule has 31 heavy (non-hydrogen) atoms. The van der Waals surface area contributed by atoms with E-state index >= 15 is 0 Å². The largest absolute Gasteiger partial charge is 0.493 e. The normalized spacial score (nSPS) is 11.0. The molecular formula is C24H21N3O4. The zero-order chi connectivity index (χ0) is 21.6. The predicted octanol–water partition coefficient (Wildman–Crippen LogP) is 4.29. The molecule has 4 rings (SSSR count). The van der Waals surface area contributed by atoms with E-state index in [1.54, 1.807) is 36.5 Å². The number of hydrogen-bond donors (Lipinski definition) is 0. The van der Waals surface area contributed by atoms with Gasteiger partial charge in [0.25, 0.3) is 0 Å².